The van der Waals surface area contributed by atoms with Crippen LogP contribution < -0.4 is 15.0 Å². The molecule has 0 spiro atoms. The number of aromatic nitrogens is 2. The van der Waals surface area contributed by atoms with E-state index in [1.165, 1.54) is 18.2 Å². The van der Waals surface area contributed by atoms with Crippen molar-refractivity contribution in [3.63, 3.8) is 0 Å². The number of benzene rings is 2. The highest BCUT2D eigenvalue weighted by Crippen LogP contribution is 2.39. The van der Waals surface area contributed by atoms with Gasteiger partial charge >= 0.3 is 0 Å². The van der Waals surface area contributed by atoms with Crippen LogP contribution in [0.4, 0.5) is 17.2 Å². The van der Waals surface area contributed by atoms with Crippen molar-refractivity contribution in [2.24, 2.45) is 0 Å². The molecule has 3 aromatic rings. The van der Waals surface area contributed by atoms with Crippen LogP contribution in [0.3, 0.4) is 0 Å². The summed E-state index contributed by atoms with van der Waals surface area (Å²) in [6.07, 6.45) is 2.56. The van der Waals surface area contributed by atoms with Crippen LogP contribution in [-0.4, -0.2) is 29.0 Å². The minimum atomic E-state index is -0.143. The van der Waals surface area contributed by atoms with Crippen molar-refractivity contribution in [2.45, 2.75) is 20.3 Å². The molecule has 0 fully saturated rings. The molecule has 4 rings (SSSR count). The monoisotopic (exact) mass is 348 g/mol. The third-order valence-electron chi connectivity index (χ3n) is 4.47. The number of fused-ring (bicyclic) bond motifs is 2. The molecule has 0 bridgehead atoms. The second-order valence-corrected chi connectivity index (χ2v) is 6.21. The average molecular weight is 348 g/mol. The van der Waals surface area contributed by atoms with E-state index in [-0.39, 0.29) is 5.91 Å². The average Bonchev–Trinajstić information content (AvgIpc) is 3.05. The molecule has 132 valence electrons. The van der Waals surface area contributed by atoms with E-state index in [0.29, 0.717) is 18.0 Å². The maximum absolute atomic E-state index is 11.6. The summed E-state index contributed by atoms with van der Waals surface area (Å²) >= 11 is 0. The van der Waals surface area contributed by atoms with E-state index in [1.807, 2.05) is 25.1 Å². The van der Waals surface area contributed by atoms with E-state index in [2.05, 4.69) is 38.4 Å². The Morgan fingerprint density at radius 2 is 2.12 bits per heavy atom. The molecule has 0 atom stereocenters. The Kier molecular flexibility index (Phi) is 4.16. The predicted octanol–water partition coefficient (Wildman–Crippen LogP) is 3.68. The standard InChI is InChI=1S/C20H20N4O2/c1-3-26-19-11-16-15(10-17(19)23-13(2)25)20(22-12-21-16)24-9-8-14-6-4-5-7-18(14)24/h4-7,10-12H,3,8-9H2,1-2H3,(H,23,25). The van der Waals surface area contributed by atoms with Crippen LogP contribution in [0.1, 0.15) is 19.4 Å². The summed E-state index contributed by atoms with van der Waals surface area (Å²) in [7, 11) is 0. The van der Waals surface area contributed by atoms with Crippen molar-refractivity contribution in [1.29, 1.82) is 0 Å². The highest BCUT2D eigenvalue weighted by molar-refractivity contribution is 5.99. The summed E-state index contributed by atoms with van der Waals surface area (Å²) in [5.41, 5.74) is 3.90. The Morgan fingerprint density at radius 1 is 1.27 bits per heavy atom. The number of hydrogen-bond donors (Lipinski definition) is 1. The van der Waals surface area contributed by atoms with Crippen LogP contribution >= 0.6 is 0 Å². The van der Waals surface area contributed by atoms with Gasteiger partial charge in [0.2, 0.25) is 5.91 Å². The van der Waals surface area contributed by atoms with Gasteiger partial charge in [-0.1, -0.05) is 18.2 Å². The number of ether oxygens (including phenoxy) is 1. The molecule has 2 heterocycles. The van der Waals surface area contributed by atoms with Crippen LogP contribution in [0, 0.1) is 0 Å². The minimum Gasteiger partial charge on any atom is -0.492 e. The van der Waals surface area contributed by atoms with Gasteiger partial charge in [-0.25, -0.2) is 9.97 Å². The second kappa shape index (κ2) is 6.63. The van der Waals surface area contributed by atoms with Crippen molar-refractivity contribution in [2.75, 3.05) is 23.4 Å². The van der Waals surface area contributed by atoms with Gasteiger partial charge in [-0.05, 0) is 31.0 Å². The third-order valence-corrected chi connectivity index (χ3v) is 4.47. The molecule has 0 aliphatic carbocycles. The molecule has 6 heteroatoms. The summed E-state index contributed by atoms with van der Waals surface area (Å²) in [4.78, 5) is 22.8. The van der Waals surface area contributed by atoms with Crippen LogP contribution in [0.5, 0.6) is 5.75 Å². The molecule has 1 aromatic heterocycles. The number of anilines is 3. The summed E-state index contributed by atoms with van der Waals surface area (Å²) in [6, 6.07) is 12.1. The van der Waals surface area contributed by atoms with Gasteiger partial charge in [0.1, 0.15) is 17.9 Å². The number of para-hydroxylation sites is 1. The fourth-order valence-corrected chi connectivity index (χ4v) is 3.41. The Labute approximate surface area is 151 Å². The van der Waals surface area contributed by atoms with E-state index >= 15 is 0 Å². The fourth-order valence-electron chi connectivity index (χ4n) is 3.41. The highest BCUT2D eigenvalue weighted by atomic mass is 16.5. The highest BCUT2D eigenvalue weighted by Gasteiger charge is 2.23. The van der Waals surface area contributed by atoms with Crippen molar-refractivity contribution in [1.82, 2.24) is 9.97 Å². The first-order valence-electron chi connectivity index (χ1n) is 8.72. The molecule has 0 unspecified atom stereocenters. The quantitative estimate of drug-likeness (QED) is 0.779. The van der Waals surface area contributed by atoms with E-state index in [1.54, 1.807) is 6.33 Å². The maximum atomic E-state index is 11.6. The van der Waals surface area contributed by atoms with Crippen LogP contribution in [0.2, 0.25) is 0 Å². The lowest BCUT2D eigenvalue weighted by Gasteiger charge is -2.21. The van der Waals surface area contributed by atoms with Gasteiger partial charge in [0.25, 0.3) is 0 Å². The number of carbonyl (C=O) groups is 1. The van der Waals surface area contributed by atoms with E-state index in [9.17, 15) is 4.79 Å². The molecule has 26 heavy (non-hydrogen) atoms. The van der Waals surface area contributed by atoms with Crippen molar-refractivity contribution in [3.05, 3.63) is 48.3 Å². The Hall–Kier alpha value is -3.15. The van der Waals surface area contributed by atoms with Gasteiger partial charge in [0, 0.05) is 30.6 Å². The zero-order chi connectivity index (χ0) is 18.1. The zero-order valence-corrected chi connectivity index (χ0v) is 14.8. The molecular formula is C20H20N4O2. The van der Waals surface area contributed by atoms with Gasteiger partial charge in [-0.3, -0.25) is 4.79 Å². The van der Waals surface area contributed by atoms with Crippen LogP contribution in [0.15, 0.2) is 42.7 Å². The van der Waals surface area contributed by atoms with Crippen molar-refractivity contribution >= 4 is 34.0 Å². The summed E-state index contributed by atoms with van der Waals surface area (Å²) in [5, 5.41) is 3.73. The topological polar surface area (TPSA) is 67.4 Å². The third kappa shape index (κ3) is 2.83. The molecule has 0 saturated carbocycles. The van der Waals surface area contributed by atoms with E-state index < -0.39 is 0 Å². The maximum Gasteiger partial charge on any atom is 0.221 e. The number of carbonyl (C=O) groups excluding carboxylic acids is 1. The Balaban J connectivity index is 1.87. The largest absolute Gasteiger partial charge is 0.492 e. The molecular weight excluding hydrogens is 328 g/mol. The molecule has 0 saturated heterocycles. The predicted molar refractivity (Wildman–Crippen MR) is 102 cm³/mol. The normalized spacial score (nSPS) is 12.9. The number of rotatable bonds is 4. The van der Waals surface area contributed by atoms with E-state index in [4.69, 9.17) is 4.74 Å². The fraction of sp³-hybridized carbons (Fsp3) is 0.250. The zero-order valence-electron chi connectivity index (χ0n) is 14.8. The minimum absolute atomic E-state index is 0.143. The van der Waals surface area contributed by atoms with Crippen molar-refractivity contribution < 1.29 is 9.53 Å². The van der Waals surface area contributed by atoms with Crippen LogP contribution in [-0.2, 0) is 11.2 Å². The molecule has 1 aliphatic rings. The first kappa shape index (κ1) is 16.3. The molecule has 1 aliphatic heterocycles. The van der Waals surface area contributed by atoms with Gasteiger partial charge in [-0.2, -0.15) is 0 Å². The summed E-state index contributed by atoms with van der Waals surface area (Å²) in [6.45, 7) is 4.77. The smallest absolute Gasteiger partial charge is 0.221 e. The Bertz CT molecular complexity index is 987. The molecule has 6 nitrogen and oxygen atoms in total. The summed E-state index contributed by atoms with van der Waals surface area (Å²) < 4.78 is 5.68. The number of nitrogens with one attached hydrogen (secondary N) is 1. The van der Waals surface area contributed by atoms with Gasteiger partial charge < -0.3 is 15.0 Å². The first-order chi connectivity index (χ1) is 12.7. The first-order valence-corrected chi connectivity index (χ1v) is 8.72. The number of nitrogens with zero attached hydrogens (tertiary/aromatic N) is 3. The molecule has 2 aromatic carbocycles. The molecule has 1 N–H and O–H groups in total. The SMILES string of the molecule is CCOc1cc2ncnc(N3CCc4ccccc43)c2cc1NC(C)=O. The number of hydrogen-bond acceptors (Lipinski definition) is 5. The molecule has 0 radical (unpaired) electrons. The lowest BCUT2D eigenvalue weighted by atomic mass is 10.1. The van der Waals surface area contributed by atoms with E-state index in [0.717, 1.165) is 29.7 Å². The molecule has 1 amide bonds. The van der Waals surface area contributed by atoms with Gasteiger partial charge in [0.15, 0.2) is 0 Å². The van der Waals surface area contributed by atoms with Gasteiger partial charge in [-0.15, -0.1) is 0 Å². The Morgan fingerprint density at radius 3 is 2.92 bits per heavy atom. The lowest BCUT2D eigenvalue weighted by molar-refractivity contribution is -0.114. The summed E-state index contributed by atoms with van der Waals surface area (Å²) in [5.74, 6) is 1.31. The second-order valence-electron chi connectivity index (χ2n) is 6.21. The lowest BCUT2D eigenvalue weighted by Crippen LogP contribution is -2.16. The van der Waals surface area contributed by atoms with Crippen LogP contribution in [0.25, 0.3) is 10.9 Å². The van der Waals surface area contributed by atoms with Gasteiger partial charge in [0.05, 0.1) is 17.8 Å². The number of amides is 1. The van der Waals surface area contributed by atoms with Crippen molar-refractivity contribution in [3.8, 4) is 5.75 Å².